The molecule has 2 aromatic carbocycles. The Hall–Kier alpha value is -2.90. The lowest BCUT2D eigenvalue weighted by atomic mass is 10.1. The van der Waals surface area contributed by atoms with Crippen LogP contribution in [0.5, 0.6) is 5.75 Å². The zero-order chi connectivity index (χ0) is 21.0. The molecule has 0 bridgehead atoms. The zero-order valence-corrected chi connectivity index (χ0v) is 16.9. The number of nitrogens with zero attached hydrogens (tertiary/aromatic N) is 3. The number of ether oxygens (including phenoxy) is 1. The van der Waals surface area contributed by atoms with E-state index in [1.165, 1.54) is 35.6 Å². The number of aldehydes is 1. The molecule has 5 nitrogen and oxygen atoms in total. The van der Waals surface area contributed by atoms with E-state index in [-0.39, 0.29) is 18.0 Å². The predicted octanol–water partition coefficient (Wildman–Crippen LogP) is 5.83. The highest BCUT2D eigenvalue weighted by Crippen LogP contribution is 2.36. The molecule has 0 saturated heterocycles. The average molecular weight is 482 g/mol. The minimum Gasteiger partial charge on any atom is -0.406 e. The molecule has 0 unspecified atom stereocenters. The van der Waals surface area contributed by atoms with Gasteiger partial charge in [0.25, 0.3) is 0 Å². The molecule has 148 valence electrons. The lowest BCUT2D eigenvalue weighted by Gasteiger charge is -2.22. The van der Waals surface area contributed by atoms with E-state index < -0.39 is 6.36 Å². The van der Waals surface area contributed by atoms with Gasteiger partial charge in [0.1, 0.15) is 15.2 Å². The van der Waals surface area contributed by atoms with Crippen molar-refractivity contribution in [3.63, 3.8) is 0 Å². The molecule has 0 spiro atoms. The Bertz CT molecular complexity index is 1040. The quantitative estimate of drug-likeness (QED) is 0.414. The number of benzene rings is 2. The van der Waals surface area contributed by atoms with Crippen molar-refractivity contribution in [3.05, 3.63) is 69.1 Å². The minimum absolute atomic E-state index is 0.248. The van der Waals surface area contributed by atoms with Crippen molar-refractivity contribution >= 4 is 44.4 Å². The number of carbonyl (C=O) groups is 1. The largest absolute Gasteiger partial charge is 0.573 e. The predicted molar refractivity (Wildman–Crippen MR) is 105 cm³/mol. The summed E-state index contributed by atoms with van der Waals surface area (Å²) in [7, 11) is 0. The van der Waals surface area contributed by atoms with Crippen LogP contribution in [-0.2, 0) is 6.54 Å². The number of hydrogen-bond acceptors (Lipinski definition) is 6. The summed E-state index contributed by atoms with van der Waals surface area (Å²) in [5, 5.41) is 9.50. The van der Waals surface area contributed by atoms with Crippen LogP contribution in [0.4, 0.5) is 24.0 Å². The van der Waals surface area contributed by atoms with Crippen LogP contribution in [0.1, 0.15) is 21.6 Å². The third-order valence-electron chi connectivity index (χ3n) is 3.75. The third-order valence-corrected chi connectivity index (χ3v) is 5.52. The number of nitriles is 1. The first-order valence-electron chi connectivity index (χ1n) is 8.03. The van der Waals surface area contributed by atoms with Crippen molar-refractivity contribution in [2.24, 2.45) is 0 Å². The van der Waals surface area contributed by atoms with E-state index in [4.69, 9.17) is 5.26 Å². The fraction of sp³-hybridized carbons (Fsp3) is 0.105. The van der Waals surface area contributed by atoms with Gasteiger partial charge in [0.15, 0.2) is 11.4 Å². The van der Waals surface area contributed by atoms with Crippen LogP contribution in [0.3, 0.4) is 0 Å². The van der Waals surface area contributed by atoms with Gasteiger partial charge in [-0.1, -0.05) is 23.5 Å². The first-order valence-corrected chi connectivity index (χ1v) is 9.64. The number of carbonyl (C=O) groups excluding carboxylic acids is 1. The summed E-state index contributed by atoms with van der Waals surface area (Å²) in [6, 6.07) is 14.3. The highest BCUT2D eigenvalue weighted by molar-refractivity contribution is 9.11. The second-order valence-electron chi connectivity index (χ2n) is 5.71. The molecule has 0 amide bonds. The molecule has 1 heterocycles. The number of aromatic nitrogens is 1. The lowest BCUT2D eigenvalue weighted by molar-refractivity contribution is -0.274. The van der Waals surface area contributed by atoms with E-state index in [0.717, 1.165) is 0 Å². The number of thiazole rings is 1. The van der Waals surface area contributed by atoms with Gasteiger partial charge >= 0.3 is 6.36 Å². The molecule has 0 fully saturated rings. The van der Waals surface area contributed by atoms with Gasteiger partial charge in [-0.25, -0.2) is 4.98 Å². The maximum Gasteiger partial charge on any atom is 0.573 e. The second-order valence-corrected chi connectivity index (χ2v) is 8.01. The number of hydrogen-bond donors (Lipinski definition) is 0. The molecule has 0 aliphatic rings. The van der Waals surface area contributed by atoms with Crippen molar-refractivity contribution < 1.29 is 22.7 Å². The van der Waals surface area contributed by atoms with Crippen molar-refractivity contribution in [2.45, 2.75) is 12.9 Å². The van der Waals surface area contributed by atoms with Crippen LogP contribution in [0.2, 0.25) is 0 Å². The van der Waals surface area contributed by atoms with Crippen LogP contribution in [-0.4, -0.2) is 17.6 Å². The molecular formula is C19H11BrF3N3O2S. The number of halogens is 4. The van der Waals surface area contributed by atoms with Crippen LogP contribution in [0.25, 0.3) is 0 Å². The molecule has 0 aliphatic carbocycles. The normalized spacial score (nSPS) is 11.0. The Labute approximate surface area is 176 Å². The summed E-state index contributed by atoms with van der Waals surface area (Å²) in [5.74, 6) is -0.314. The summed E-state index contributed by atoms with van der Waals surface area (Å²) >= 11 is 4.54. The van der Waals surface area contributed by atoms with Gasteiger partial charge in [-0.15, -0.1) is 13.2 Å². The van der Waals surface area contributed by atoms with Crippen molar-refractivity contribution in [1.29, 1.82) is 5.26 Å². The van der Waals surface area contributed by atoms with Gasteiger partial charge in [-0.2, -0.15) is 5.26 Å². The highest BCUT2D eigenvalue weighted by Gasteiger charge is 2.31. The van der Waals surface area contributed by atoms with Crippen LogP contribution < -0.4 is 9.64 Å². The van der Waals surface area contributed by atoms with Gasteiger partial charge < -0.3 is 9.64 Å². The standard InChI is InChI=1S/C19H11BrF3N3O2S/c20-17-16(11-27)25-18(29-17)26(14-5-1-12(9-24)2-6-14)10-13-3-7-15(8-4-13)28-19(21,22)23/h1-8,11H,10H2. The Morgan fingerprint density at radius 2 is 1.83 bits per heavy atom. The van der Waals surface area contributed by atoms with Gasteiger partial charge in [0.2, 0.25) is 0 Å². The molecule has 3 aromatic rings. The number of anilines is 2. The SMILES string of the molecule is N#Cc1ccc(N(Cc2ccc(OC(F)(F)F)cc2)c2nc(C=O)c(Br)s2)cc1. The Morgan fingerprint density at radius 3 is 2.34 bits per heavy atom. The first kappa shape index (κ1) is 20.8. The van der Waals surface area contributed by atoms with Gasteiger partial charge in [-0.3, -0.25) is 4.79 Å². The summed E-state index contributed by atoms with van der Waals surface area (Å²) in [6.45, 7) is 0.274. The summed E-state index contributed by atoms with van der Waals surface area (Å²) in [6.07, 6.45) is -4.13. The van der Waals surface area contributed by atoms with Gasteiger partial charge in [-0.05, 0) is 57.9 Å². The number of alkyl halides is 3. The van der Waals surface area contributed by atoms with Gasteiger partial charge in [0, 0.05) is 5.69 Å². The lowest BCUT2D eigenvalue weighted by Crippen LogP contribution is -2.18. The Morgan fingerprint density at radius 1 is 1.17 bits per heavy atom. The smallest absolute Gasteiger partial charge is 0.406 e. The molecular weight excluding hydrogens is 471 g/mol. The zero-order valence-electron chi connectivity index (χ0n) is 14.5. The molecule has 0 atom stereocenters. The molecule has 29 heavy (non-hydrogen) atoms. The summed E-state index contributed by atoms with van der Waals surface area (Å²) < 4.78 is 41.5. The molecule has 0 radical (unpaired) electrons. The molecule has 0 aliphatic heterocycles. The highest BCUT2D eigenvalue weighted by atomic mass is 79.9. The number of rotatable bonds is 6. The minimum atomic E-state index is -4.76. The molecule has 1 aromatic heterocycles. The van der Waals surface area contributed by atoms with E-state index >= 15 is 0 Å². The summed E-state index contributed by atoms with van der Waals surface area (Å²) in [4.78, 5) is 17.2. The maximum atomic E-state index is 12.3. The van der Waals surface area contributed by atoms with Crippen LogP contribution in [0.15, 0.2) is 52.3 Å². The maximum absolute atomic E-state index is 12.3. The van der Waals surface area contributed by atoms with Crippen molar-refractivity contribution in [3.8, 4) is 11.8 Å². The second kappa shape index (κ2) is 8.63. The van der Waals surface area contributed by atoms with E-state index in [0.29, 0.717) is 32.0 Å². The summed E-state index contributed by atoms with van der Waals surface area (Å²) in [5.41, 5.74) is 2.13. The Balaban J connectivity index is 1.92. The van der Waals surface area contributed by atoms with E-state index in [9.17, 15) is 18.0 Å². The molecule has 10 heteroatoms. The van der Waals surface area contributed by atoms with E-state index in [2.05, 4.69) is 25.7 Å². The van der Waals surface area contributed by atoms with Gasteiger partial charge in [0.05, 0.1) is 18.2 Å². The van der Waals surface area contributed by atoms with E-state index in [1.54, 1.807) is 29.2 Å². The molecule has 0 saturated carbocycles. The third kappa shape index (κ3) is 5.34. The first-order chi connectivity index (χ1) is 13.8. The van der Waals surface area contributed by atoms with Crippen LogP contribution >= 0.6 is 27.3 Å². The fourth-order valence-electron chi connectivity index (χ4n) is 2.45. The average Bonchev–Trinajstić information content (AvgIpc) is 3.07. The fourth-order valence-corrected chi connectivity index (χ4v) is 3.85. The van der Waals surface area contributed by atoms with Crippen molar-refractivity contribution in [2.75, 3.05) is 4.90 Å². The van der Waals surface area contributed by atoms with E-state index in [1.807, 2.05) is 6.07 Å². The monoisotopic (exact) mass is 481 g/mol. The van der Waals surface area contributed by atoms with Crippen LogP contribution in [0, 0.1) is 11.3 Å². The van der Waals surface area contributed by atoms with Crippen molar-refractivity contribution in [1.82, 2.24) is 4.98 Å². The Kier molecular flexibility index (Phi) is 6.20. The topological polar surface area (TPSA) is 66.2 Å². The molecule has 0 N–H and O–H groups in total. The molecule has 3 rings (SSSR count).